The summed E-state index contributed by atoms with van der Waals surface area (Å²) in [7, 11) is 3.33. The van der Waals surface area contributed by atoms with Crippen molar-refractivity contribution >= 4 is 22.4 Å². The molecule has 1 saturated carbocycles. The summed E-state index contributed by atoms with van der Waals surface area (Å²) in [5.41, 5.74) is 1.79. The lowest BCUT2D eigenvalue weighted by Crippen LogP contribution is -2.36. The Bertz CT molecular complexity index is 921. The zero-order valence-corrected chi connectivity index (χ0v) is 17.1. The Hall–Kier alpha value is -2.60. The third-order valence-corrected chi connectivity index (χ3v) is 6.58. The first kappa shape index (κ1) is 18.7. The van der Waals surface area contributed by atoms with Gasteiger partial charge < -0.3 is 14.8 Å². The number of hydrogen-bond acceptors (Lipinski definition) is 5. The molecule has 146 valence electrons. The van der Waals surface area contributed by atoms with Crippen LogP contribution in [0.3, 0.4) is 0 Å². The molecule has 2 aliphatic carbocycles. The van der Waals surface area contributed by atoms with E-state index in [1.807, 2.05) is 23.6 Å². The van der Waals surface area contributed by atoms with Crippen LogP contribution in [-0.4, -0.2) is 25.1 Å². The SMILES string of the molecule is COC1=C(OC)CC2CC(C)(C(=O)Nc3nccs3)C(c3ccccc3)C2=C1. The van der Waals surface area contributed by atoms with E-state index in [9.17, 15) is 4.79 Å². The second-order valence-electron chi connectivity index (χ2n) is 7.50. The number of benzene rings is 1. The lowest BCUT2D eigenvalue weighted by Gasteiger charge is -2.31. The Morgan fingerprint density at radius 3 is 2.68 bits per heavy atom. The lowest BCUT2D eigenvalue weighted by molar-refractivity contribution is -0.125. The van der Waals surface area contributed by atoms with Crippen LogP contribution in [-0.2, 0) is 14.3 Å². The van der Waals surface area contributed by atoms with Gasteiger partial charge in [0, 0.05) is 23.9 Å². The number of amides is 1. The monoisotopic (exact) mass is 396 g/mol. The molecule has 4 rings (SSSR count). The average Bonchev–Trinajstić information content (AvgIpc) is 3.32. The van der Waals surface area contributed by atoms with Crippen molar-refractivity contribution in [1.29, 1.82) is 0 Å². The smallest absolute Gasteiger partial charge is 0.233 e. The molecule has 1 aromatic carbocycles. The highest BCUT2D eigenvalue weighted by Crippen LogP contribution is 2.58. The Morgan fingerprint density at radius 2 is 2.04 bits per heavy atom. The zero-order valence-electron chi connectivity index (χ0n) is 16.3. The molecule has 1 amide bonds. The van der Waals surface area contributed by atoms with Crippen molar-refractivity contribution in [1.82, 2.24) is 4.98 Å². The first-order chi connectivity index (χ1) is 13.6. The van der Waals surface area contributed by atoms with Crippen molar-refractivity contribution < 1.29 is 14.3 Å². The average molecular weight is 397 g/mol. The lowest BCUT2D eigenvalue weighted by atomic mass is 9.74. The second kappa shape index (κ2) is 7.43. The van der Waals surface area contributed by atoms with Gasteiger partial charge in [0.15, 0.2) is 10.9 Å². The predicted molar refractivity (Wildman–Crippen MR) is 110 cm³/mol. The Kier molecular flexibility index (Phi) is 4.98. The fraction of sp³-hybridized carbons (Fsp3) is 0.364. The number of nitrogens with zero attached hydrogens (tertiary/aromatic N) is 1. The van der Waals surface area contributed by atoms with Gasteiger partial charge in [-0.1, -0.05) is 35.9 Å². The predicted octanol–water partition coefficient (Wildman–Crippen LogP) is 4.73. The molecule has 0 bridgehead atoms. The summed E-state index contributed by atoms with van der Waals surface area (Å²) in [6.45, 7) is 2.06. The molecule has 2 aromatic rings. The molecule has 0 radical (unpaired) electrons. The van der Waals surface area contributed by atoms with Gasteiger partial charge in [-0.05, 0) is 30.9 Å². The van der Waals surface area contributed by atoms with Crippen molar-refractivity contribution in [2.45, 2.75) is 25.7 Å². The van der Waals surface area contributed by atoms with Crippen LogP contribution in [0.15, 0.2) is 65.1 Å². The van der Waals surface area contributed by atoms with E-state index in [2.05, 4.69) is 35.4 Å². The molecule has 0 saturated heterocycles. The van der Waals surface area contributed by atoms with E-state index in [1.54, 1.807) is 20.4 Å². The number of thiazole rings is 1. The molecule has 2 aliphatic rings. The summed E-state index contributed by atoms with van der Waals surface area (Å²) in [6.07, 6.45) is 5.27. The molecule has 1 heterocycles. The van der Waals surface area contributed by atoms with E-state index in [4.69, 9.17) is 9.47 Å². The molecular weight excluding hydrogens is 372 g/mol. The summed E-state index contributed by atoms with van der Waals surface area (Å²) >= 11 is 1.43. The van der Waals surface area contributed by atoms with E-state index in [1.165, 1.54) is 16.9 Å². The first-order valence-corrected chi connectivity index (χ1v) is 10.2. The number of rotatable bonds is 5. The van der Waals surface area contributed by atoms with Crippen LogP contribution in [0.25, 0.3) is 0 Å². The number of allylic oxidation sites excluding steroid dienone is 3. The van der Waals surface area contributed by atoms with Gasteiger partial charge in [-0.3, -0.25) is 4.79 Å². The molecule has 1 N–H and O–H groups in total. The van der Waals surface area contributed by atoms with Crippen LogP contribution in [0, 0.1) is 11.3 Å². The number of methoxy groups -OCH3 is 2. The van der Waals surface area contributed by atoms with Crippen molar-refractivity contribution in [3.8, 4) is 0 Å². The number of carbonyl (C=O) groups is 1. The molecule has 28 heavy (non-hydrogen) atoms. The minimum atomic E-state index is -0.592. The van der Waals surface area contributed by atoms with Gasteiger partial charge in [0.1, 0.15) is 5.76 Å². The molecule has 0 spiro atoms. The van der Waals surface area contributed by atoms with Gasteiger partial charge in [0.05, 0.1) is 19.6 Å². The van der Waals surface area contributed by atoms with E-state index < -0.39 is 5.41 Å². The maximum Gasteiger partial charge on any atom is 0.233 e. The highest BCUT2D eigenvalue weighted by atomic mass is 32.1. The van der Waals surface area contributed by atoms with Crippen molar-refractivity contribution in [3.63, 3.8) is 0 Å². The molecule has 3 atom stereocenters. The Morgan fingerprint density at radius 1 is 1.25 bits per heavy atom. The summed E-state index contributed by atoms with van der Waals surface area (Å²) in [5.74, 6) is 1.81. The highest BCUT2D eigenvalue weighted by Gasteiger charge is 2.53. The van der Waals surface area contributed by atoms with Gasteiger partial charge in [-0.25, -0.2) is 4.98 Å². The number of nitrogens with one attached hydrogen (secondary N) is 1. The van der Waals surface area contributed by atoms with Gasteiger partial charge in [-0.15, -0.1) is 11.3 Å². The first-order valence-electron chi connectivity index (χ1n) is 9.35. The minimum absolute atomic E-state index is 0.00420. The standard InChI is InChI=1S/C22H24N2O3S/c1-22(20(25)24-21-23-9-10-28-21)13-15-11-17(26-2)18(27-3)12-16(15)19(22)14-7-5-4-6-8-14/h4-10,12,15,19H,11,13H2,1-3H3,(H,23,24,25). The van der Waals surface area contributed by atoms with E-state index in [-0.39, 0.29) is 17.7 Å². The van der Waals surface area contributed by atoms with Crippen LogP contribution in [0.5, 0.6) is 0 Å². The second-order valence-corrected chi connectivity index (χ2v) is 8.39. The number of carbonyl (C=O) groups excluding carboxylic acids is 1. The van der Waals surface area contributed by atoms with Crippen LogP contribution >= 0.6 is 11.3 Å². The largest absolute Gasteiger partial charge is 0.497 e. The Balaban J connectivity index is 1.77. The molecule has 0 aliphatic heterocycles. The number of anilines is 1. The van der Waals surface area contributed by atoms with Crippen molar-refractivity contribution in [2.24, 2.45) is 11.3 Å². The van der Waals surface area contributed by atoms with Crippen molar-refractivity contribution in [2.75, 3.05) is 19.5 Å². The number of hydrogen-bond donors (Lipinski definition) is 1. The molecule has 6 heteroatoms. The molecule has 5 nitrogen and oxygen atoms in total. The van der Waals surface area contributed by atoms with Gasteiger partial charge in [0.25, 0.3) is 0 Å². The summed E-state index contributed by atoms with van der Waals surface area (Å²) in [6, 6.07) is 10.3. The van der Waals surface area contributed by atoms with Crippen LogP contribution in [0.4, 0.5) is 5.13 Å². The van der Waals surface area contributed by atoms with E-state index >= 15 is 0 Å². The number of aromatic nitrogens is 1. The van der Waals surface area contributed by atoms with Gasteiger partial charge in [0.2, 0.25) is 5.91 Å². The highest BCUT2D eigenvalue weighted by molar-refractivity contribution is 7.13. The zero-order chi connectivity index (χ0) is 19.7. The third kappa shape index (κ3) is 3.11. The maximum absolute atomic E-state index is 13.4. The topological polar surface area (TPSA) is 60.5 Å². The van der Waals surface area contributed by atoms with Crippen LogP contribution < -0.4 is 5.32 Å². The van der Waals surface area contributed by atoms with E-state index in [0.29, 0.717) is 5.13 Å². The minimum Gasteiger partial charge on any atom is -0.497 e. The fourth-order valence-corrected chi connectivity index (χ4v) is 5.13. The van der Waals surface area contributed by atoms with Gasteiger partial charge in [-0.2, -0.15) is 0 Å². The quantitative estimate of drug-likeness (QED) is 0.794. The number of ether oxygens (including phenoxy) is 2. The normalized spacial score (nSPS) is 26.5. The summed E-state index contributed by atoms with van der Waals surface area (Å²) in [4.78, 5) is 17.6. The molecule has 1 aromatic heterocycles. The maximum atomic E-state index is 13.4. The molecule has 1 fully saturated rings. The summed E-state index contributed by atoms with van der Waals surface area (Å²) < 4.78 is 11.1. The van der Waals surface area contributed by atoms with E-state index in [0.717, 1.165) is 29.9 Å². The fourth-order valence-electron chi connectivity index (χ4n) is 4.61. The summed E-state index contributed by atoms with van der Waals surface area (Å²) in [5, 5.41) is 5.53. The Labute approximate surface area is 169 Å². The van der Waals surface area contributed by atoms with Crippen LogP contribution in [0.2, 0.25) is 0 Å². The molecular formula is C22H24N2O3S. The van der Waals surface area contributed by atoms with Gasteiger partial charge >= 0.3 is 0 Å². The van der Waals surface area contributed by atoms with Crippen molar-refractivity contribution in [3.05, 3.63) is 70.6 Å². The molecule has 3 unspecified atom stereocenters. The van der Waals surface area contributed by atoms with Crippen LogP contribution in [0.1, 0.15) is 31.2 Å². The number of fused-ring (bicyclic) bond motifs is 1. The third-order valence-electron chi connectivity index (χ3n) is 5.89.